The van der Waals surface area contributed by atoms with E-state index < -0.39 is 29.7 Å². The number of esters is 2. The molecule has 0 aliphatic heterocycles. The first-order chi connectivity index (χ1) is 9.06. The van der Waals surface area contributed by atoms with E-state index >= 15 is 0 Å². The standard InChI is InChI=1S/C13H21NO6/c1-8(11(16)18-6)10(19-9(2)15)7-14-12(17)20-13(3,4)5/h10H,1,7H2,2-6H3,(H,14,17). The lowest BCUT2D eigenvalue weighted by molar-refractivity contribution is -0.146. The molecule has 0 spiro atoms. The number of methoxy groups -OCH3 is 1. The van der Waals surface area contributed by atoms with E-state index in [1.165, 1.54) is 14.0 Å². The minimum Gasteiger partial charge on any atom is -0.466 e. The van der Waals surface area contributed by atoms with Crippen LogP contribution in [0.3, 0.4) is 0 Å². The van der Waals surface area contributed by atoms with Crippen molar-refractivity contribution in [2.75, 3.05) is 13.7 Å². The summed E-state index contributed by atoms with van der Waals surface area (Å²) in [6.07, 6.45) is -1.69. The molecule has 1 atom stereocenters. The Bertz CT molecular complexity index is 396. The van der Waals surface area contributed by atoms with Crippen LogP contribution in [0.1, 0.15) is 27.7 Å². The van der Waals surface area contributed by atoms with E-state index in [-0.39, 0.29) is 12.1 Å². The molecule has 1 N–H and O–H groups in total. The van der Waals surface area contributed by atoms with Gasteiger partial charge in [-0.25, -0.2) is 9.59 Å². The van der Waals surface area contributed by atoms with Crippen molar-refractivity contribution in [2.45, 2.75) is 39.4 Å². The van der Waals surface area contributed by atoms with Crippen LogP contribution < -0.4 is 5.32 Å². The zero-order valence-corrected chi connectivity index (χ0v) is 12.4. The average Bonchev–Trinajstić information content (AvgIpc) is 2.29. The number of hydrogen-bond acceptors (Lipinski definition) is 6. The van der Waals surface area contributed by atoms with Crippen LogP contribution in [-0.4, -0.2) is 43.4 Å². The summed E-state index contributed by atoms with van der Waals surface area (Å²) in [6, 6.07) is 0. The minimum atomic E-state index is -1.01. The van der Waals surface area contributed by atoms with Crippen LogP contribution in [0.4, 0.5) is 4.79 Å². The van der Waals surface area contributed by atoms with Crippen LogP contribution >= 0.6 is 0 Å². The molecule has 0 aromatic rings. The first kappa shape index (κ1) is 17.9. The topological polar surface area (TPSA) is 90.9 Å². The molecule has 0 bridgehead atoms. The number of nitrogens with one attached hydrogen (secondary N) is 1. The highest BCUT2D eigenvalue weighted by Gasteiger charge is 2.24. The lowest BCUT2D eigenvalue weighted by Gasteiger charge is -2.22. The third kappa shape index (κ3) is 7.40. The van der Waals surface area contributed by atoms with E-state index in [9.17, 15) is 14.4 Å². The highest BCUT2D eigenvalue weighted by Crippen LogP contribution is 2.09. The molecular weight excluding hydrogens is 266 g/mol. The maximum absolute atomic E-state index is 11.5. The normalized spacial score (nSPS) is 12.1. The van der Waals surface area contributed by atoms with Gasteiger partial charge >= 0.3 is 18.0 Å². The van der Waals surface area contributed by atoms with E-state index in [0.717, 1.165) is 0 Å². The molecular formula is C13H21NO6. The predicted molar refractivity (Wildman–Crippen MR) is 70.9 cm³/mol. The molecule has 0 fully saturated rings. The molecule has 0 heterocycles. The van der Waals surface area contributed by atoms with E-state index in [1.807, 2.05) is 0 Å². The Morgan fingerprint density at radius 1 is 1.25 bits per heavy atom. The van der Waals surface area contributed by atoms with Gasteiger partial charge in [0.1, 0.15) is 5.60 Å². The molecule has 0 saturated carbocycles. The number of hydrogen-bond donors (Lipinski definition) is 1. The summed E-state index contributed by atoms with van der Waals surface area (Å²) in [4.78, 5) is 33.8. The Morgan fingerprint density at radius 2 is 1.80 bits per heavy atom. The molecule has 0 rings (SSSR count). The van der Waals surface area contributed by atoms with Gasteiger partial charge in [-0.05, 0) is 20.8 Å². The summed E-state index contributed by atoms with van der Waals surface area (Å²) < 4.78 is 14.4. The fraction of sp³-hybridized carbons (Fsp3) is 0.615. The lowest BCUT2D eigenvalue weighted by atomic mass is 10.1. The molecule has 1 unspecified atom stereocenters. The van der Waals surface area contributed by atoms with Crippen LogP contribution in [0, 0.1) is 0 Å². The van der Waals surface area contributed by atoms with Crippen molar-refractivity contribution < 1.29 is 28.6 Å². The number of carbonyl (C=O) groups excluding carboxylic acids is 3. The average molecular weight is 287 g/mol. The smallest absolute Gasteiger partial charge is 0.407 e. The number of carbonyl (C=O) groups is 3. The summed E-state index contributed by atoms with van der Waals surface area (Å²) in [5, 5.41) is 2.40. The zero-order valence-electron chi connectivity index (χ0n) is 12.4. The molecule has 0 aliphatic carbocycles. The first-order valence-electron chi connectivity index (χ1n) is 5.98. The van der Waals surface area contributed by atoms with Crippen LogP contribution in [0.2, 0.25) is 0 Å². The van der Waals surface area contributed by atoms with Gasteiger partial charge in [0.2, 0.25) is 0 Å². The van der Waals surface area contributed by atoms with Gasteiger partial charge in [-0.3, -0.25) is 4.79 Å². The van der Waals surface area contributed by atoms with Crippen LogP contribution in [-0.2, 0) is 23.8 Å². The molecule has 1 amide bonds. The fourth-order valence-corrected chi connectivity index (χ4v) is 1.19. The quantitative estimate of drug-likeness (QED) is 0.464. The largest absolute Gasteiger partial charge is 0.466 e. The second kappa shape index (κ2) is 7.52. The van der Waals surface area contributed by atoms with E-state index in [2.05, 4.69) is 16.6 Å². The zero-order chi connectivity index (χ0) is 15.9. The minimum absolute atomic E-state index is 0.0706. The van der Waals surface area contributed by atoms with Gasteiger partial charge in [-0.15, -0.1) is 0 Å². The van der Waals surface area contributed by atoms with Crippen LogP contribution in [0.15, 0.2) is 12.2 Å². The molecule has 0 radical (unpaired) electrons. The van der Waals surface area contributed by atoms with E-state index in [1.54, 1.807) is 20.8 Å². The molecule has 0 aromatic heterocycles. The summed E-state index contributed by atoms with van der Waals surface area (Å²) in [6.45, 7) is 9.67. The Morgan fingerprint density at radius 3 is 2.20 bits per heavy atom. The molecule has 0 aromatic carbocycles. The van der Waals surface area contributed by atoms with Gasteiger partial charge in [-0.1, -0.05) is 6.58 Å². The van der Waals surface area contributed by atoms with E-state index in [4.69, 9.17) is 9.47 Å². The Labute approximate surface area is 118 Å². The Hall–Kier alpha value is -2.05. The highest BCUT2D eigenvalue weighted by atomic mass is 16.6. The van der Waals surface area contributed by atoms with Crippen LogP contribution in [0.25, 0.3) is 0 Å². The van der Waals surface area contributed by atoms with Gasteiger partial charge in [0.25, 0.3) is 0 Å². The van der Waals surface area contributed by atoms with Crippen molar-refractivity contribution in [1.29, 1.82) is 0 Å². The second-order valence-corrected chi connectivity index (χ2v) is 5.00. The summed E-state index contributed by atoms with van der Waals surface area (Å²) in [5.41, 5.74) is -0.723. The molecule has 20 heavy (non-hydrogen) atoms. The maximum atomic E-state index is 11.5. The number of amides is 1. The Balaban J connectivity index is 4.59. The van der Waals surface area contributed by atoms with Gasteiger partial charge in [-0.2, -0.15) is 0 Å². The van der Waals surface area contributed by atoms with E-state index in [0.29, 0.717) is 0 Å². The van der Waals surface area contributed by atoms with Crippen molar-refractivity contribution in [3.63, 3.8) is 0 Å². The van der Waals surface area contributed by atoms with Crippen molar-refractivity contribution in [3.8, 4) is 0 Å². The monoisotopic (exact) mass is 287 g/mol. The second-order valence-electron chi connectivity index (χ2n) is 5.00. The maximum Gasteiger partial charge on any atom is 0.407 e. The highest BCUT2D eigenvalue weighted by molar-refractivity contribution is 5.89. The van der Waals surface area contributed by atoms with Gasteiger partial charge in [0.15, 0.2) is 6.10 Å². The van der Waals surface area contributed by atoms with Crippen molar-refractivity contribution in [2.24, 2.45) is 0 Å². The van der Waals surface area contributed by atoms with Crippen molar-refractivity contribution >= 4 is 18.0 Å². The summed E-state index contributed by atoms with van der Waals surface area (Å²) in [7, 11) is 1.18. The fourth-order valence-electron chi connectivity index (χ4n) is 1.19. The molecule has 7 heteroatoms. The molecule has 7 nitrogen and oxygen atoms in total. The third-order valence-corrected chi connectivity index (χ3v) is 1.98. The Kier molecular flexibility index (Phi) is 6.75. The van der Waals surface area contributed by atoms with Crippen molar-refractivity contribution in [1.82, 2.24) is 5.32 Å². The lowest BCUT2D eigenvalue weighted by Crippen LogP contribution is -2.40. The van der Waals surface area contributed by atoms with Gasteiger partial charge < -0.3 is 19.5 Å². The molecule has 114 valence electrons. The third-order valence-electron chi connectivity index (χ3n) is 1.98. The molecule has 0 aliphatic rings. The van der Waals surface area contributed by atoms with Gasteiger partial charge in [0, 0.05) is 6.92 Å². The predicted octanol–water partition coefficient (Wildman–Crippen LogP) is 1.17. The summed E-state index contributed by atoms with van der Waals surface area (Å²) >= 11 is 0. The van der Waals surface area contributed by atoms with Crippen molar-refractivity contribution in [3.05, 3.63) is 12.2 Å². The molecule has 0 saturated heterocycles. The summed E-state index contributed by atoms with van der Waals surface area (Å²) in [5.74, 6) is -1.33. The SMILES string of the molecule is C=C(C(=O)OC)C(CNC(=O)OC(C)(C)C)OC(C)=O. The number of ether oxygens (including phenoxy) is 3. The van der Waals surface area contributed by atoms with Crippen LogP contribution in [0.5, 0.6) is 0 Å². The number of alkyl carbamates (subject to hydrolysis) is 1. The first-order valence-corrected chi connectivity index (χ1v) is 5.98. The number of rotatable bonds is 5. The van der Waals surface area contributed by atoms with Gasteiger partial charge in [0.05, 0.1) is 19.2 Å².